The number of fused-ring (bicyclic) bond motifs is 6. The van der Waals surface area contributed by atoms with Crippen LogP contribution in [-0.4, -0.2) is 148 Å². The number of carbonyl (C=O) groups is 3. The van der Waals surface area contributed by atoms with Crippen molar-refractivity contribution in [1.29, 1.82) is 0 Å². The van der Waals surface area contributed by atoms with E-state index in [9.17, 15) is 94.6 Å². The topological polar surface area (TPSA) is 367 Å². The van der Waals surface area contributed by atoms with Gasteiger partial charge >= 0.3 is 36.3 Å². The fourth-order valence-electron chi connectivity index (χ4n) is 12.4. The van der Waals surface area contributed by atoms with Gasteiger partial charge in [-0.2, -0.15) is 81.2 Å². The summed E-state index contributed by atoms with van der Waals surface area (Å²) in [5.41, 5.74) is -4.46. The number of hydrogen-bond donors (Lipinski definition) is 6. The van der Waals surface area contributed by atoms with Crippen LogP contribution < -0.4 is 32.6 Å². The number of aryl methyl sites for hydroxylation is 4. The van der Waals surface area contributed by atoms with E-state index < -0.39 is 125 Å². The summed E-state index contributed by atoms with van der Waals surface area (Å²) in [6, 6.07) is 20.6. The number of alkyl halides is 15. The normalized spacial score (nSPS) is 17.8. The van der Waals surface area contributed by atoms with Crippen LogP contribution in [-0.2, 0) is 49.9 Å². The maximum Gasteiger partial charge on any atom is 0.453 e. The van der Waals surface area contributed by atoms with E-state index in [1.807, 2.05) is 13.0 Å². The monoisotopic (exact) mass is 1530 g/mol. The fourth-order valence-corrected chi connectivity index (χ4v) is 12.4. The molecule has 6 N–H and O–H groups in total. The number of rotatable bonds is 15. The highest BCUT2D eigenvalue weighted by Gasteiger charge is 2.59. The molecular weight excluding hydrogens is 1480 g/mol. The molecule has 12 aromatic rings. The zero-order valence-electron chi connectivity index (χ0n) is 56.0. The second-order valence-electron chi connectivity index (χ2n) is 25.5. The third-order valence-electron chi connectivity index (χ3n) is 18.4. The molecule has 3 unspecified atom stereocenters. The maximum atomic E-state index is 13.5. The van der Waals surface area contributed by atoms with Gasteiger partial charge in [-0.25, -0.2) is 58.4 Å². The molecule has 0 bridgehead atoms. The van der Waals surface area contributed by atoms with Crippen LogP contribution >= 0.6 is 0 Å². The number of nitrogens with one attached hydrogen (secondary N) is 6. The van der Waals surface area contributed by atoms with Crippen molar-refractivity contribution in [1.82, 2.24) is 93.6 Å². The predicted octanol–water partition coefficient (Wildman–Crippen LogP) is 9.49. The van der Waals surface area contributed by atoms with Gasteiger partial charge in [-0.3, -0.25) is 33.8 Å². The Morgan fingerprint density at radius 2 is 0.734 bits per heavy atom. The molecule has 0 fully saturated rings. The summed E-state index contributed by atoms with van der Waals surface area (Å²) in [5.74, 6) is -16.8. The lowest BCUT2D eigenvalue weighted by molar-refractivity contribution is -0.284. The molecule has 3 atom stereocenters. The standard InChI is InChI=1S/C23H18F5N7O2.C22H16F5N7O2.C21H15F5N8O2/c1-11-4-3-5-12(8-11)21(2)15-17(34-20(21)37)32-16(33-19(15)36)14-9-35-18(29-10-30-35)13(31-14)6-7-22(24,25)23(26,27)28;1-20(11-5-3-2-4-6-11)14-16(33-19(20)36)31-15(32-18(14)35)13-9-34-17(28-10-29-34)12(30-13)7-8-21(23,24)22(25,26)27;1-19(12-4-2-3-7-27-12)13-15(33-18(19)36)31-14(32-17(13)35)11-8-34-16(28-9-29-34)10(30-11)5-6-20(22,23)21(24,25)26/h3-5,8-10H,6-7H2,1-2H3,(H2,32,33,34,36,37);2-6,9-10H,7-8H2,1H3,(H2,31,32,33,35,36);2-4,7-9H,5-6H2,1H3,(H2,31,32,33,35,36). The van der Waals surface area contributed by atoms with Gasteiger partial charge in [0.05, 0.1) is 58.1 Å². The van der Waals surface area contributed by atoms with Crippen molar-refractivity contribution in [3.8, 4) is 34.6 Å². The summed E-state index contributed by atoms with van der Waals surface area (Å²) in [6.07, 6.45) is -15.6. The molecule has 2 aromatic carbocycles. The Morgan fingerprint density at radius 3 is 1.08 bits per heavy atom. The second kappa shape index (κ2) is 26.6. The van der Waals surface area contributed by atoms with Gasteiger partial charge in [0.15, 0.2) is 34.4 Å². The van der Waals surface area contributed by atoms with Gasteiger partial charge in [-0.15, -0.1) is 0 Å². The van der Waals surface area contributed by atoms with Gasteiger partial charge in [0, 0.05) is 25.5 Å². The fraction of sp³-hybridized carbons (Fsp3) is 0.288. The first-order chi connectivity index (χ1) is 51.1. The van der Waals surface area contributed by atoms with Crippen LogP contribution in [0.5, 0.6) is 0 Å². The van der Waals surface area contributed by atoms with Crippen molar-refractivity contribution in [2.24, 2.45) is 0 Å². The average Bonchev–Trinajstić information content (AvgIpc) is 1.58. The Bertz CT molecular complexity index is 5590. The predicted molar refractivity (Wildman–Crippen MR) is 349 cm³/mol. The zero-order chi connectivity index (χ0) is 78.5. The highest BCUT2D eigenvalue weighted by atomic mass is 19.4. The van der Waals surface area contributed by atoms with Crippen LogP contribution in [0, 0.1) is 6.92 Å². The lowest BCUT2D eigenvalue weighted by Gasteiger charge is -2.22. The summed E-state index contributed by atoms with van der Waals surface area (Å²) in [7, 11) is 0. The molecule has 0 saturated heterocycles. The molecule has 43 heteroatoms. The van der Waals surface area contributed by atoms with Crippen LogP contribution in [0.1, 0.15) is 96.2 Å². The van der Waals surface area contributed by atoms with Crippen molar-refractivity contribution in [3.05, 3.63) is 204 Å². The highest BCUT2D eigenvalue weighted by Crippen LogP contribution is 2.46. The van der Waals surface area contributed by atoms with Crippen molar-refractivity contribution < 1.29 is 80.2 Å². The van der Waals surface area contributed by atoms with E-state index in [0.29, 0.717) is 16.8 Å². The first-order valence-electron chi connectivity index (χ1n) is 32.0. The lowest BCUT2D eigenvalue weighted by atomic mass is 9.78. The molecule has 3 amide bonds. The summed E-state index contributed by atoms with van der Waals surface area (Å²) in [6.45, 7) is 6.54. The van der Waals surface area contributed by atoms with Crippen molar-refractivity contribution in [3.63, 3.8) is 0 Å². The summed E-state index contributed by atoms with van der Waals surface area (Å²) < 4.78 is 198. The number of carbonyl (C=O) groups excluding carboxylic acids is 3. The van der Waals surface area contributed by atoms with Gasteiger partial charge in [-0.05, 0) is 70.2 Å². The molecule has 109 heavy (non-hydrogen) atoms. The molecular formula is C66H49F15N22O6. The second-order valence-corrected chi connectivity index (χ2v) is 25.5. The van der Waals surface area contributed by atoms with Gasteiger partial charge < -0.3 is 30.9 Å². The number of benzene rings is 2. The van der Waals surface area contributed by atoms with Crippen LogP contribution in [0.3, 0.4) is 0 Å². The number of halogens is 15. The lowest BCUT2D eigenvalue weighted by Crippen LogP contribution is -2.37. The number of pyridine rings is 1. The van der Waals surface area contributed by atoms with E-state index >= 15 is 0 Å². The number of H-pyrrole nitrogens is 3. The minimum atomic E-state index is -5.72. The zero-order valence-corrected chi connectivity index (χ0v) is 56.0. The highest BCUT2D eigenvalue weighted by molar-refractivity contribution is 6.09. The van der Waals surface area contributed by atoms with Crippen LogP contribution in [0.15, 0.2) is 131 Å². The first kappa shape index (κ1) is 74.5. The van der Waals surface area contributed by atoms with Gasteiger partial charge in [0.2, 0.25) is 17.7 Å². The van der Waals surface area contributed by atoms with E-state index in [1.165, 1.54) is 31.7 Å². The molecule has 28 nitrogen and oxygen atoms in total. The molecule has 3 aliphatic heterocycles. The molecule has 15 rings (SSSR count). The van der Waals surface area contributed by atoms with Crippen molar-refractivity contribution in [2.75, 3.05) is 16.0 Å². The molecule has 564 valence electrons. The molecule has 0 aliphatic carbocycles. The Labute approximate surface area is 597 Å². The van der Waals surface area contributed by atoms with Crippen molar-refractivity contribution in [2.45, 2.75) is 119 Å². The Kier molecular flexibility index (Phi) is 18.2. The molecule has 3 aliphatic rings. The van der Waals surface area contributed by atoms with E-state index in [4.69, 9.17) is 0 Å². The number of nitrogens with zero attached hydrogens (tertiary/aromatic N) is 16. The summed E-state index contributed by atoms with van der Waals surface area (Å²) in [5, 5.41) is 19.4. The van der Waals surface area contributed by atoms with Gasteiger partial charge in [-0.1, -0.05) is 66.2 Å². The third-order valence-corrected chi connectivity index (χ3v) is 18.4. The van der Waals surface area contributed by atoms with Gasteiger partial charge in [0.25, 0.3) is 16.7 Å². The number of amides is 3. The quantitative estimate of drug-likeness (QED) is 0.0520. The molecule has 0 saturated carbocycles. The summed E-state index contributed by atoms with van der Waals surface area (Å²) >= 11 is 0. The number of aromatic nitrogens is 19. The summed E-state index contributed by atoms with van der Waals surface area (Å²) in [4.78, 5) is 127. The van der Waals surface area contributed by atoms with Gasteiger partial charge in [0.1, 0.15) is 69.8 Å². The van der Waals surface area contributed by atoms with E-state index in [1.54, 1.807) is 80.6 Å². The third kappa shape index (κ3) is 13.2. The van der Waals surface area contributed by atoms with E-state index in [0.717, 1.165) is 38.1 Å². The van der Waals surface area contributed by atoms with E-state index in [2.05, 4.69) is 96.0 Å². The molecule has 13 heterocycles. The smallest absolute Gasteiger partial charge is 0.309 e. The molecule has 0 radical (unpaired) electrons. The first-order valence-corrected chi connectivity index (χ1v) is 32.0. The average molecular weight is 1530 g/mol. The molecule has 0 spiro atoms. The SMILES string of the molecule is CC1(c2ccccc2)C(=O)Nc2nc(-c3cn4ncnc4c(CCC(F)(F)C(F)(F)F)n3)[nH]c(=O)c21.CC1(c2ccccn2)C(=O)Nc2nc(-c3cn4ncnc4c(CCC(F)(F)C(F)(F)F)n3)[nH]c(=O)c21.Cc1cccc(C2(C)C(=O)Nc3nc(-c4cn5ncnc5c(CCC(F)(F)C(F)(F)F)n4)[nH]c(=O)c32)c1. The maximum absolute atomic E-state index is 13.5. The minimum absolute atomic E-state index is 0.0154. The Balaban J connectivity index is 0.000000144. The number of hydrogen-bond acceptors (Lipinski definition) is 19. The van der Waals surface area contributed by atoms with Crippen LogP contribution in [0.4, 0.5) is 83.3 Å². The van der Waals surface area contributed by atoms with Crippen LogP contribution in [0.25, 0.3) is 51.5 Å². The number of anilines is 3. The number of aromatic amines is 3. The molecule has 10 aromatic heterocycles. The minimum Gasteiger partial charge on any atom is -0.309 e. The Morgan fingerprint density at radius 1 is 0.394 bits per heavy atom. The van der Waals surface area contributed by atoms with Crippen LogP contribution in [0.2, 0.25) is 0 Å². The Hall–Kier alpha value is -12.8. The van der Waals surface area contributed by atoms with E-state index in [-0.39, 0.29) is 103 Å². The largest absolute Gasteiger partial charge is 0.453 e. The van der Waals surface area contributed by atoms with Crippen molar-refractivity contribution >= 4 is 52.1 Å².